The Balaban J connectivity index is 1.90. The Morgan fingerprint density at radius 3 is 2.03 bits per heavy atom. The van der Waals surface area contributed by atoms with Gasteiger partial charge in [0.15, 0.2) is 0 Å². The maximum atomic E-state index is 13.8. The van der Waals surface area contributed by atoms with Crippen LogP contribution in [0.1, 0.15) is 31.0 Å². The average Bonchev–Trinajstić information content (AvgIpc) is 2.94. The van der Waals surface area contributed by atoms with Crippen molar-refractivity contribution in [3.8, 4) is 6.07 Å². The number of nitrogens with zero attached hydrogens (tertiary/aromatic N) is 3. The van der Waals surface area contributed by atoms with Crippen LogP contribution in [-0.2, 0) is 0 Å². The summed E-state index contributed by atoms with van der Waals surface area (Å²) >= 11 is 12.1. The summed E-state index contributed by atoms with van der Waals surface area (Å²) in [7, 11) is 0. The first-order valence-corrected chi connectivity index (χ1v) is 10.2. The standard InChI is InChI=1S/C24H19Cl2N3O/c1-24(2)22(17-5-3-4-16(14-17)15-27)28(20-10-6-18(25)7-11-20)23(30)29(24)21-12-8-19(26)9-13-21/h3-14,22H,1-2H3/t22-/m0/s1. The first kappa shape index (κ1) is 20.3. The van der Waals surface area contributed by atoms with Crippen LogP contribution in [0.25, 0.3) is 0 Å². The van der Waals surface area contributed by atoms with Gasteiger partial charge in [-0.05, 0) is 80.1 Å². The molecule has 1 heterocycles. The summed E-state index contributed by atoms with van der Waals surface area (Å²) < 4.78 is 0. The van der Waals surface area contributed by atoms with Crippen LogP contribution in [-0.4, -0.2) is 11.6 Å². The first-order valence-electron chi connectivity index (χ1n) is 9.47. The molecule has 1 saturated heterocycles. The number of rotatable bonds is 3. The minimum Gasteiger partial charge on any atom is -0.286 e. The number of halogens is 2. The van der Waals surface area contributed by atoms with E-state index in [1.54, 1.807) is 40.1 Å². The molecule has 0 N–H and O–H groups in total. The normalized spacial score (nSPS) is 17.8. The quantitative estimate of drug-likeness (QED) is 0.452. The Morgan fingerprint density at radius 1 is 0.900 bits per heavy atom. The third-order valence-corrected chi connectivity index (χ3v) is 5.93. The van der Waals surface area contributed by atoms with Gasteiger partial charge in [0.05, 0.1) is 23.2 Å². The monoisotopic (exact) mass is 435 g/mol. The summed E-state index contributed by atoms with van der Waals surface area (Å²) in [6.45, 7) is 4.05. The van der Waals surface area contributed by atoms with E-state index in [0.29, 0.717) is 15.6 Å². The van der Waals surface area contributed by atoms with Crippen LogP contribution in [0.15, 0.2) is 72.8 Å². The fraction of sp³-hybridized carbons (Fsp3) is 0.167. The van der Waals surface area contributed by atoms with Gasteiger partial charge in [0.2, 0.25) is 0 Å². The minimum atomic E-state index is -0.612. The molecule has 6 heteroatoms. The predicted octanol–water partition coefficient (Wildman–Crippen LogP) is 6.83. The average molecular weight is 436 g/mol. The lowest BCUT2D eigenvalue weighted by atomic mass is 9.87. The third kappa shape index (κ3) is 3.41. The lowest BCUT2D eigenvalue weighted by Crippen LogP contribution is -2.43. The molecule has 1 aliphatic heterocycles. The molecule has 0 aromatic heterocycles. The first-order chi connectivity index (χ1) is 14.3. The molecular formula is C24H19Cl2N3O. The van der Waals surface area contributed by atoms with Crippen molar-refractivity contribution in [1.29, 1.82) is 5.26 Å². The van der Waals surface area contributed by atoms with Crippen molar-refractivity contribution in [2.75, 3.05) is 9.80 Å². The maximum absolute atomic E-state index is 13.8. The lowest BCUT2D eigenvalue weighted by Gasteiger charge is -2.35. The number of carbonyl (C=O) groups excluding carboxylic acids is 1. The van der Waals surface area contributed by atoms with Gasteiger partial charge in [-0.1, -0.05) is 35.3 Å². The van der Waals surface area contributed by atoms with Crippen LogP contribution < -0.4 is 9.80 Å². The Bertz CT molecular complexity index is 1130. The number of hydrogen-bond acceptors (Lipinski definition) is 2. The van der Waals surface area contributed by atoms with Crippen molar-refractivity contribution in [2.24, 2.45) is 0 Å². The second kappa shape index (κ2) is 7.68. The molecule has 0 spiro atoms. The third-order valence-electron chi connectivity index (χ3n) is 5.42. The largest absolute Gasteiger partial charge is 0.330 e. The minimum absolute atomic E-state index is 0.156. The molecule has 3 aromatic rings. The lowest BCUT2D eigenvalue weighted by molar-refractivity contribution is 0.254. The van der Waals surface area contributed by atoms with Crippen molar-refractivity contribution in [1.82, 2.24) is 0 Å². The molecule has 150 valence electrons. The van der Waals surface area contributed by atoms with E-state index in [-0.39, 0.29) is 12.1 Å². The molecule has 0 aliphatic carbocycles. The summed E-state index contributed by atoms with van der Waals surface area (Å²) in [5, 5.41) is 10.6. The highest BCUT2D eigenvalue weighted by Gasteiger charge is 2.53. The van der Waals surface area contributed by atoms with E-state index < -0.39 is 5.54 Å². The molecule has 30 heavy (non-hydrogen) atoms. The highest BCUT2D eigenvalue weighted by molar-refractivity contribution is 6.31. The summed E-state index contributed by atoms with van der Waals surface area (Å²) in [5.74, 6) is 0. The van der Waals surface area contributed by atoms with Crippen molar-refractivity contribution in [3.05, 3.63) is 94.0 Å². The van der Waals surface area contributed by atoms with Crippen LogP contribution in [0.2, 0.25) is 10.0 Å². The number of anilines is 2. The van der Waals surface area contributed by atoms with E-state index in [0.717, 1.165) is 16.9 Å². The topological polar surface area (TPSA) is 47.3 Å². The summed E-state index contributed by atoms with van der Waals surface area (Å²) in [6, 6.07) is 23.6. The molecule has 0 saturated carbocycles. The number of nitriles is 1. The predicted molar refractivity (Wildman–Crippen MR) is 121 cm³/mol. The van der Waals surface area contributed by atoms with E-state index in [2.05, 4.69) is 6.07 Å². The molecule has 2 amide bonds. The van der Waals surface area contributed by atoms with Gasteiger partial charge in [-0.3, -0.25) is 9.80 Å². The van der Waals surface area contributed by atoms with Crippen LogP contribution >= 0.6 is 23.2 Å². The zero-order chi connectivity index (χ0) is 21.5. The molecule has 0 bridgehead atoms. The van der Waals surface area contributed by atoms with Gasteiger partial charge in [-0.25, -0.2) is 4.79 Å². The number of amides is 2. The van der Waals surface area contributed by atoms with Gasteiger partial charge in [-0.15, -0.1) is 0 Å². The molecule has 3 aromatic carbocycles. The van der Waals surface area contributed by atoms with E-state index in [4.69, 9.17) is 23.2 Å². The van der Waals surface area contributed by atoms with E-state index in [1.807, 2.05) is 56.3 Å². The van der Waals surface area contributed by atoms with Gasteiger partial charge in [0, 0.05) is 21.4 Å². The molecule has 0 unspecified atom stereocenters. The Morgan fingerprint density at radius 2 is 1.47 bits per heavy atom. The SMILES string of the molecule is CC1(C)[C@H](c2cccc(C#N)c2)N(c2ccc(Cl)cc2)C(=O)N1c1ccc(Cl)cc1. The molecule has 1 fully saturated rings. The number of benzene rings is 3. The van der Waals surface area contributed by atoms with Gasteiger partial charge in [0.25, 0.3) is 0 Å². The number of carbonyl (C=O) groups is 1. The summed E-state index contributed by atoms with van der Waals surface area (Å²) in [4.78, 5) is 17.3. The second-order valence-corrected chi connectivity index (χ2v) is 8.61. The second-order valence-electron chi connectivity index (χ2n) is 7.73. The van der Waals surface area contributed by atoms with Crippen molar-refractivity contribution >= 4 is 40.6 Å². The Labute approximate surface area is 185 Å². The van der Waals surface area contributed by atoms with Crippen LogP contribution in [0, 0.1) is 11.3 Å². The zero-order valence-corrected chi connectivity index (χ0v) is 18.0. The number of hydrogen-bond donors (Lipinski definition) is 0. The fourth-order valence-corrected chi connectivity index (χ4v) is 4.38. The number of urea groups is 1. The van der Waals surface area contributed by atoms with Gasteiger partial charge >= 0.3 is 6.03 Å². The van der Waals surface area contributed by atoms with E-state index in [9.17, 15) is 10.1 Å². The summed E-state index contributed by atoms with van der Waals surface area (Å²) in [6.07, 6.45) is 0. The molecule has 1 atom stereocenters. The highest BCUT2D eigenvalue weighted by Crippen LogP contribution is 2.47. The van der Waals surface area contributed by atoms with Crippen molar-refractivity contribution in [3.63, 3.8) is 0 Å². The molecule has 4 rings (SSSR count). The molecule has 4 nitrogen and oxygen atoms in total. The Hall–Kier alpha value is -3.00. The zero-order valence-electron chi connectivity index (χ0n) is 16.5. The van der Waals surface area contributed by atoms with Crippen LogP contribution in [0.4, 0.5) is 16.2 Å². The van der Waals surface area contributed by atoms with E-state index >= 15 is 0 Å². The van der Waals surface area contributed by atoms with Crippen molar-refractivity contribution in [2.45, 2.75) is 25.4 Å². The van der Waals surface area contributed by atoms with Gasteiger partial charge in [0.1, 0.15) is 0 Å². The van der Waals surface area contributed by atoms with E-state index in [1.165, 1.54) is 0 Å². The molecular weight excluding hydrogens is 417 g/mol. The van der Waals surface area contributed by atoms with Gasteiger partial charge < -0.3 is 0 Å². The smallest absolute Gasteiger partial charge is 0.286 e. The molecule has 1 aliphatic rings. The fourth-order valence-electron chi connectivity index (χ4n) is 4.13. The van der Waals surface area contributed by atoms with Crippen LogP contribution in [0.5, 0.6) is 0 Å². The summed E-state index contributed by atoms with van der Waals surface area (Å²) in [5.41, 5.74) is 2.32. The van der Waals surface area contributed by atoms with Crippen LogP contribution in [0.3, 0.4) is 0 Å². The molecule has 0 radical (unpaired) electrons. The van der Waals surface area contributed by atoms with Gasteiger partial charge in [-0.2, -0.15) is 5.26 Å². The Kier molecular flexibility index (Phi) is 5.19. The van der Waals surface area contributed by atoms with Crippen molar-refractivity contribution < 1.29 is 4.79 Å². The maximum Gasteiger partial charge on any atom is 0.330 e. The highest BCUT2D eigenvalue weighted by atomic mass is 35.5.